The molecule has 0 radical (unpaired) electrons. The van der Waals surface area contributed by atoms with Gasteiger partial charge in [0.15, 0.2) is 0 Å². The SMILES string of the molecule is CC1(C)c2ccccc2-c2cc3c(cc21)N(c1cccc2c1sc1c4c(ccc12)C1(c2ccccc2-c2ccccc21)c1ccc2c5c(ccc-4c15)C=C2)c1ccccc1C3(C)C. The van der Waals surface area contributed by atoms with Crippen molar-refractivity contribution in [1.82, 2.24) is 0 Å². The molecule has 5 aliphatic rings. The molecule has 1 aromatic heterocycles. The average molecular weight is 820 g/mol. The van der Waals surface area contributed by atoms with Crippen molar-refractivity contribution in [3.63, 3.8) is 0 Å². The van der Waals surface area contributed by atoms with Crippen LogP contribution in [0.25, 0.3) is 76.5 Å². The number of anilines is 3. The Morgan fingerprint density at radius 1 is 0.365 bits per heavy atom. The lowest BCUT2D eigenvalue weighted by molar-refractivity contribution is 0.627. The molecule has 9 aromatic carbocycles. The Hall–Kier alpha value is -7.00. The van der Waals surface area contributed by atoms with Crippen LogP contribution in [-0.4, -0.2) is 0 Å². The van der Waals surface area contributed by atoms with E-state index in [1.807, 2.05) is 11.3 Å². The minimum atomic E-state index is -0.455. The summed E-state index contributed by atoms with van der Waals surface area (Å²) in [6, 6.07) is 63.4. The van der Waals surface area contributed by atoms with Crippen LogP contribution < -0.4 is 4.90 Å². The molecule has 0 N–H and O–H groups in total. The highest BCUT2D eigenvalue weighted by molar-refractivity contribution is 7.27. The molecule has 4 aliphatic carbocycles. The summed E-state index contributed by atoms with van der Waals surface area (Å²) in [5, 5.41) is 5.43. The summed E-state index contributed by atoms with van der Waals surface area (Å²) in [5.74, 6) is 0. The topological polar surface area (TPSA) is 3.24 Å². The van der Waals surface area contributed by atoms with Gasteiger partial charge >= 0.3 is 0 Å². The standard InChI is InChI=1S/C61H41NS/c1-59(2)43-18-8-5-16-38(43)42-32-50-53(33-49(42)59)62(51-22-12-11-21-46(51)60(50,3)4)52-23-13-17-39-40-29-31-48-56(58(40)63-57(39)52)41-28-26-34-24-25-35-27-30-47(55(41)54(34)35)61(48)44-19-9-6-14-36(44)37-15-7-10-20-45(37)61/h5-33H,1-4H3. The lowest BCUT2D eigenvalue weighted by Crippen LogP contribution is -2.32. The molecule has 0 bridgehead atoms. The second kappa shape index (κ2) is 11.3. The maximum atomic E-state index is 2.62. The molecule has 2 heterocycles. The van der Waals surface area contributed by atoms with Crippen LogP contribution in [0.1, 0.15) is 83.3 Å². The molecule has 1 nitrogen and oxygen atoms in total. The predicted molar refractivity (Wildman–Crippen MR) is 266 cm³/mol. The van der Waals surface area contributed by atoms with Gasteiger partial charge in [-0.25, -0.2) is 0 Å². The molecule has 296 valence electrons. The van der Waals surface area contributed by atoms with Gasteiger partial charge in [0.1, 0.15) is 0 Å². The second-order valence-corrected chi connectivity index (χ2v) is 20.5. The molecule has 10 aromatic rings. The van der Waals surface area contributed by atoms with Gasteiger partial charge in [0.2, 0.25) is 0 Å². The number of hydrogen-bond donors (Lipinski definition) is 0. The molecule has 0 amide bonds. The van der Waals surface area contributed by atoms with E-state index in [0.717, 1.165) is 0 Å². The first kappa shape index (κ1) is 34.6. The molecule has 1 spiro atoms. The van der Waals surface area contributed by atoms with Crippen LogP contribution in [0.15, 0.2) is 164 Å². The fourth-order valence-electron chi connectivity index (χ4n) is 13.2. The zero-order valence-electron chi connectivity index (χ0n) is 35.6. The summed E-state index contributed by atoms with van der Waals surface area (Å²) in [5.41, 5.74) is 24.9. The Kier molecular flexibility index (Phi) is 6.21. The summed E-state index contributed by atoms with van der Waals surface area (Å²) >= 11 is 1.99. The van der Waals surface area contributed by atoms with E-state index in [0.29, 0.717) is 0 Å². The Morgan fingerprint density at radius 3 is 1.70 bits per heavy atom. The van der Waals surface area contributed by atoms with Crippen LogP contribution in [0.2, 0.25) is 0 Å². The highest BCUT2D eigenvalue weighted by atomic mass is 32.1. The van der Waals surface area contributed by atoms with Gasteiger partial charge in [0.25, 0.3) is 0 Å². The number of fused-ring (bicyclic) bond motifs is 18. The van der Waals surface area contributed by atoms with Crippen molar-refractivity contribution >= 4 is 71.5 Å². The molecular formula is C61H41NS. The Bertz CT molecular complexity index is 3760. The molecular weight excluding hydrogens is 779 g/mol. The Balaban J connectivity index is 1.05. The summed E-state index contributed by atoms with van der Waals surface area (Å²) in [7, 11) is 0. The molecule has 15 rings (SSSR count). The van der Waals surface area contributed by atoms with E-state index in [1.54, 1.807) is 0 Å². The first-order valence-electron chi connectivity index (χ1n) is 22.4. The molecule has 0 unspecified atom stereocenters. The molecule has 0 fully saturated rings. The highest BCUT2D eigenvalue weighted by Gasteiger charge is 2.51. The van der Waals surface area contributed by atoms with E-state index in [4.69, 9.17) is 0 Å². The lowest BCUT2D eigenvalue weighted by Gasteiger charge is -2.43. The molecule has 1 aliphatic heterocycles. The predicted octanol–water partition coefficient (Wildman–Crippen LogP) is 16.5. The van der Waals surface area contributed by atoms with Gasteiger partial charge in [-0.2, -0.15) is 0 Å². The van der Waals surface area contributed by atoms with Crippen LogP contribution in [-0.2, 0) is 16.2 Å². The van der Waals surface area contributed by atoms with Crippen molar-refractivity contribution in [1.29, 1.82) is 0 Å². The third-order valence-corrected chi connectivity index (χ3v) is 17.3. The monoisotopic (exact) mass is 819 g/mol. The third kappa shape index (κ3) is 3.90. The average Bonchev–Trinajstić information content (AvgIpc) is 4.05. The van der Waals surface area contributed by atoms with Gasteiger partial charge in [-0.05, 0) is 118 Å². The molecule has 0 saturated heterocycles. The van der Waals surface area contributed by atoms with Crippen molar-refractivity contribution in [3.05, 3.63) is 219 Å². The first-order chi connectivity index (χ1) is 30.8. The van der Waals surface area contributed by atoms with Crippen molar-refractivity contribution in [2.24, 2.45) is 0 Å². The fraction of sp³-hybridized carbons (Fsp3) is 0.115. The zero-order chi connectivity index (χ0) is 41.7. The quantitative estimate of drug-likeness (QED) is 0.159. The number of rotatable bonds is 1. The van der Waals surface area contributed by atoms with E-state index in [9.17, 15) is 0 Å². The van der Waals surface area contributed by atoms with Gasteiger partial charge in [0, 0.05) is 31.9 Å². The maximum Gasteiger partial charge on any atom is 0.0726 e. The summed E-state index contributed by atoms with van der Waals surface area (Å²) in [4.78, 5) is 2.62. The minimum Gasteiger partial charge on any atom is -0.308 e. The normalized spacial score (nSPS) is 16.5. The van der Waals surface area contributed by atoms with E-state index < -0.39 is 5.41 Å². The molecule has 63 heavy (non-hydrogen) atoms. The zero-order valence-corrected chi connectivity index (χ0v) is 36.4. The van der Waals surface area contributed by atoms with Crippen LogP contribution in [0.5, 0.6) is 0 Å². The van der Waals surface area contributed by atoms with Gasteiger partial charge in [-0.15, -0.1) is 11.3 Å². The largest absolute Gasteiger partial charge is 0.308 e. The van der Waals surface area contributed by atoms with Gasteiger partial charge in [-0.3, -0.25) is 0 Å². The number of hydrogen-bond acceptors (Lipinski definition) is 2. The Labute approximate surface area is 371 Å². The summed E-state index contributed by atoms with van der Waals surface area (Å²) in [6.07, 6.45) is 4.63. The lowest BCUT2D eigenvalue weighted by atomic mass is 9.61. The first-order valence-corrected chi connectivity index (χ1v) is 23.2. The van der Waals surface area contributed by atoms with Gasteiger partial charge < -0.3 is 4.90 Å². The second-order valence-electron chi connectivity index (χ2n) is 19.5. The van der Waals surface area contributed by atoms with Crippen molar-refractivity contribution in [3.8, 4) is 33.4 Å². The minimum absolute atomic E-state index is 0.113. The van der Waals surface area contributed by atoms with Crippen molar-refractivity contribution in [2.75, 3.05) is 4.90 Å². The summed E-state index contributed by atoms with van der Waals surface area (Å²) in [6.45, 7) is 9.65. The van der Waals surface area contributed by atoms with E-state index in [2.05, 4.69) is 209 Å². The number of nitrogens with zero attached hydrogens (tertiary/aromatic N) is 1. The molecule has 0 atom stereocenters. The smallest absolute Gasteiger partial charge is 0.0726 e. The van der Waals surface area contributed by atoms with Gasteiger partial charge in [0.05, 0.1) is 27.2 Å². The van der Waals surface area contributed by atoms with Crippen LogP contribution in [0, 0.1) is 0 Å². The van der Waals surface area contributed by atoms with Gasteiger partial charge in [-0.1, -0.05) is 179 Å². The van der Waals surface area contributed by atoms with E-state index in [1.165, 1.54) is 137 Å². The van der Waals surface area contributed by atoms with E-state index >= 15 is 0 Å². The molecule has 2 heteroatoms. The Morgan fingerprint density at radius 2 is 0.952 bits per heavy atom. The summed E-state index contributed by atoms with van der Waals surface area (Å²) < 4.78 is 2.69. The van der Waals surface area contributed by atoms with Crippen LogP contribution >= 0.6 is 11.3 Å². The van der Waals surface area contributed by atoms with Crippen LogP contribution in [0.3, 0.4) is 0 Å². The number of para-hydroxylation sites is 1. The third-order valence-electron chi connectivity index (χ3n) is 16.0. The number of benzene rings is 9. The van der Waals surface area contributed by atoms with Crippen molar-refractivity contribution in [2.45, 2.75) is 43.9 Å². The number of thiophene rings is 1. The molecule has 0 saturated carbocycles. The van der Waals surface area contributed by atoms with Crippen molar-refractivity contribution < 1.29 is 0 Å². The highest BCUT2D eigenvalue weighted by Crippen LogP contribution is 2.65. The van der Waals surface area contributed by atoms with Crippen LogP contribution in [0.4, 0.5) is 17.1 Å². The fourth-order valence-corrected chi connectivity index (χ4v) is 14.6. The van der Waals surface area contributed by atoms with E-state index in [-0.39, 0.29) is 10.8 Å². The maximum absolute atomic E-state index is 2.62.